The Morgan fingerprint density at radius 2 is 1.07 bits per heavy atom. The first-order valence-corrected chi connectivity index (χ1v) is 30.1. The Bertz CT molecular complexity index is 3630. The van der Waals surface area contributed by atoms with E-state index in [1.54, 1.807) is 0 Å². The summed E-state index contributed by atoms with van der Waals surface area (Å²) in [6, 6.07) is 12.1. The van der Waals surface area contributed by atoms with Crippen LogP contribution in [-0.2, 0) is 19.7 Å². The lowest BCUT2D eigenvalue weighted by molar-refractivity contribution is 0.234. The first-order valence-electron chi connectivity index (χ1n) is 20.6. The van der Waals surface area contributed by atoms with Gasteiger partial charge < -0.3 is 5.73 Å². The Morgan fingerprint density at radius 3 is 1.51 bits per heavy atom. The zero-order chi connectivity index (χ0) is 54.5. The summed E-state index contributed by atoms with van der Waals surface area (Å²) in [5.74, 6) is -1.22. The number of hydrogen-bond donors (Lipinski definition) is 3. The van der Waals surface area contributed by atoms with E-state index in [0.29, 0.717) is 68.8 Å². The molecule has 0 aliphatic carbocycles. The van der Waals surface area contributed by atoms with E-state index in [2.05, 4.69) is 98.7 Å². The molecule has 4 N–H and O–H groups in total. The van der Waals surface area contributed by atoms with E-state index in [4.69, 9.17) is 24.0 Å². The maximum Gasteiger partial charge on any atom is 0.446 e. The number of hydroxylamine groups is 1. The van der Waals surface area contributed by atoms with Crippen LogP contribution >= 0.6 is 83.1 Å². The zero-order valence-corrected chi connectivity index (χ0v) is 46.9. The predicted molar refractivity (Wildman–Crippen MR) is 275 cm³/mol. The second-order valence-corrected chi connectivity index (χ2v) is 25.0. The number of amidine groups is 1. The van der Waals surface area contributed by atoms with Crippen molar-refractivity contribution in [3.8, 4) is 34.4 Å². The molecule has 0 atom stereocenters. The SMILES string of the molecule is CS(=O)(=O)CCCSc1nonc1-c1noc(=O)n1-c1ccc(F)c(Br)c1.CS(=O)(=O)CCCSc1nonc1C(=Nc1ccc(F)c(Br)c1)NO.NCCSc1nonc1-c1noc(=O)n1-c1ccc(F)c(Br)c1. The second kappa shape index (κ2) is 27.0. The fraction of sp³-hybridized carbons (Fsp3) is 0.256. The Morgan fingerprint density at radius 1 is 0.640 bits per heavy atom. The van der Waals surface area contributed by atoms with Crippen LogP contribution in [0.25, 0.3) is 34.4 Å². The molecule has 8 aromatic rings. The molecule has 0 saturated heterocycles. The summed E-state index contributed by atoms with van der Waals surface area (Å²) in [7, 11) is -6.08. The summed E-state index contributed by atoms with van der Waals surface area (Å²) in [6.45, 7) is 0.438. The summed E-state index contributed by atoms with van der Waals surface area (Å²) < 4.78 is 111. The first-order chi connectivity index (χ1) is 35.7. The van der Waals surface area contributed by atoms with Gasteiger partial charge in [-0.15, -0.1) is 23.5 Å². The van der Waals surface area contributed by atoms with Gasteiger partial charge in [-0.05, 0) is 146 Å². The van der Waals surface area contributed by atoms with Crippen molar-refractivity contribution in [1.29, 1.82) is 0 Å². The third-order valence-corrected chi connectivity index (χ3v) is 15.9. The van der Waals surface area contributed by atoms with Gasteiger partial charge in [0.25, 0.3) is 0 Å². The first kappa shape index (κ1) is 58.8. The van der Waals surface area contributed by atoms with Crippen molar-refractivity contribution in [3.05, 3.63) is 112 Å². The molecule has 3 aromatic carbocycles. The molecule has 75 heavy (non-hydrogen) atoms. The summed E-state index contributed by atoms with van der Waals surface area (Å²) in [5, 5.41) is 40.3. The van der Waals surface area contributed by atoms with Gasteiger partial charge in [-0.3, -0.25) is 19.7 Å². The monoisotopic (exact) mass is 1330 g/mol. The van der Waals surface area contributed by atoms with E-state index >= 15 is 0 Å². The lowest BCUT2D eigenvalue weighted by Gasteiger charge is -2.04. The predicted octanol–water partition coefficient (Wildman–Crippen LogP) is 6.69. The maximum absolute atomic E-state index is 13.5. The number of benzene rings is 3. The summed E-state index contributed by atoms with van der Waals surface area (Å²) in [6.07, 6.45) is 3.17. The number of thioether (sulfide) groups is 3. The van der Waals surface area contributed by atoms with Crippen molar-refractivity contribution in [2.75, 3.05) is 47.8 Å². The number of hydrogen-bond acceptors (Lipinski definition) is 25. The molecule has 0 fully saturated rings. The highest BCUT2D eigenvalue weighted by atomic mass is 79.9. The van der Waals surface area contributed by atoms with Crippen LogP contribution in [0.3, 0.4) is 0 Å². The van der Waals surface area contributed by atoms with Gasteiger partial charge in [-0.25, -0.2) is 67.6 Å². The number of sulfone groups is 2. The van der Waals surface area contributed by atoms with Crippen LogP contribution in [0.15, 0.2) is 121 Å². The van der Waals surface area contributed by atoms with Crippen molar-refractivity contribution >= 4 is 114 Å². The smallest absolute Gasteiger partial charge is 0.330 e. The molecule has 5 heterocycles. The molecule has 0 unspecified atom stereocenters. The number of nitrogens with two attached hydrogens (primary N) is 1. The average Bonchev–Trinajstić information content (AvgIpc) is 4.23. The standard InChI is InChI=1S/C14H12BrFN4O5S2.C13H14BrFN4O4S2.C12H9BrFN5O3S/c1-27(22,23)6-2-5-26-13-11(17-25-19-13)12-18-24-14(21)20(12)8-3-4-10(16)9(15)7-8;1-25(21,22)6-2-5-24-13-11(18-23-19-13)12(17-20)16-8-3-4-10(15)9(14)7-8;13-7-5-6(1-2-8(7)14)19-10(17-21-12(19)20)9-11(18-22-16-9)23-4-3-15/h3-4,7H,2,5-6H2,1H3;3-4,7,20H,2,5-6H2,1H3,(H,16,17);1-2,5H,3-4,15H2. The molecule has 400 valence electrons. The van der Waals surface area contributed by atoms with Gasteiger partial charge in [0.2, 0.25) is 11.6 Å². The van der Waals surface area contributed by atoms with Crippen molar-refractivity contribution in [2.24, 2.45) is 10.7 Å². The fourth-order valence-corrected chi connectivity index (χ4v) is 10.8. The highest BCUT2D eigenvalue weighted by molar-refractivity contribution is 9.11. The minimum atomic E-state index is -3.06. The number of nitrogens with zero attached hydrogens (tertiary/aromatic N) is 11. The van der Waals surface area contributed by atoms with Crippen molar-refractivity contribution < 1.29 is 58.1 Å². The molecule has 0 aliphatic rings. The molecule has 0 saturated carbocycles. The third-order valence-electron chi connectivity index (χ3n) is 8.96. The van der Waals surface area contributed by atoms with E-state index in [1.807, 2.05) is 5.48 Å². The molecule has 5 aromatic heterocycles. The largest absolute Gasteiger partial charge is 0.446 e. The minimum Gasteiger partial charge on any atom is -0.330 e. The summed E-state index contributed by atoms with van der Waals surface area (Å²) in [4.78, 5) is 28.2. The molecular formula is C39H35Br3F3N13O12S5. The van der Waals surface area contributed by atoms with Gasteiger partial charge >= 0.3 is 11.5 Å². The van der Waals surface area contributed by atoms with Crippen LogP contribution in [0.4, 0.5) is 18.9 Å². The highest BCUT2D eigenvalue weighted by Crippen LogP contribution is 2.31. The summed E-state index contributed by atoms with van der Waals surface area (Å²) >= 11 is 12.9. The fourth-order valence-electron chi connectivity index (χ4n) is 5.70. The molecular weight excluding hydrogens is 1300 g/mol. The maximum atomic E-state index is 13.5. The molecule has 0 spiro atoms. The molecule has 8 rings (SSSR count). The normalized spacial score (nSPS) is 11.8. The van der Waals surface area contributed by atoms with Crippen LogP contribution < -0.4 is 22.7 Å². The van der Waals surface area contributed by atoms with Gasteiger partial charge in [-0.2, -0.15) is 0 Å². The molecule has 0 bridgehead atoms. The molecule has 36 heteroatoms. The van der Waals surface area contributed by atoms with Crippen molar-refractivity contribution in [2.45, 2.75) is 27.9 Å². The Kier molecular flexibility index (Phi) is 21.2. The quantitative estimate of drug-likeness (QED) is 0.0249. The van der Waals surface area contributed by atoms with E-state index in [1.165, 1.54) is 96.1 Å². The molecule has 0 aliphatic heterocycles. The van der Waals surface area contributed by atoms with Crippen LogP contribution in [0.2, 0.25) is 0 Å². The zero-order valence-electron chi connectivity index (χ0n) is 38.1. The van der Waals surface area contributed by atoms with Crippen LogP contribution in [0, 0.1) is 17.5 Å². The highest BCUT2D eigenvalue weighted by Gasteiger charge is 2.25. The van der Waals surface area contributed by atoms with E-state index in [9.17, 15) is 44.8 Å². The van der Waals surface area contributed by atoms with Gasteiger partial charge in [0.1, 0.15) is 37.1 Å². The van der Waals surface area contributed by atoms with Crippen LogP contribution in [-0.4, -0.2) is 126 Å². The van der Waals surface area contributed by atoms with Crippen LogP contribution in [0.1, 0.15) is 18.5 Å². The lowest BCUT2D eigenvalue weighted by atomic mass is 10.3. The Hall–Kier alpha value is -5.47. The second-order valence-electron chi connectivity index (χ2n) is 14.6. The number of nitrogens with one attached hydrogen (secondary N) is 1. The van der Waals surface area contributed by atoms with E-state index in [0.717, 1.165) is 15.4 Å². The number of aliphatic imine (C=N–C) groups is 1. The van der Waals surface area contributed by atoms with Crippen molar-refractivity contribution in [3.63, 3.8) is 0 Å². The van der Waals surface area contributed by atoms with Gasteiger partial charge in [-0.1, -0.05) is 22.1 Å². The van der Waals surface area contributed by atoms with E-state index < -0.39 is 48.6 Å². The van der Waals surface area contributed by atoms with Gasteiger partial charge in [0.15, 0.2) is 38.0 Å². The third kappa shape index (κ3) is 16.5. The summed E-state index contributed by atoms with van der Waals surface area (Å²) in [5.41, 5.74) is 8.96. The Labute approximate surface area is 458 Å². The lowest BCUT2D eigenvalue weighted by Crippen LogP contribution is -2.21. The van der Waals surface area contributed by atoms with Crippen LogP contribution in [0.5, 0.6) is 0 Å². The van der Waals surface area contributed by atoms with Crippen molar-refractivity contribution in [1.82, 2.24) is 55.9 Å². The van der Waals surface area contributed by atoms with Gasteiger partial charge in [0.05, 0.1) is 42.0 Å². The van der Waals surface area contributed by atoms with E-state index in [-0.39, 0.29) is 59.5 Å². The average molecular weight is 1330 g/mol. The number of halogens is 6. The minimum absolute atomic E-state index is 0.0328. The Balaban J connectivity index is 0.000000183. The molecule has 25 nitrogen and oxygen atoms in total. The molecule has 0 amide bonds. The topological polar surface area (TPSA) is 352 Å². The van der Waals surface area contributed by atoms with Gasteiger partial charge in [0, 0.05) is 36.3 Å². The number of rotatable bonds is 19. The molecule has 0 radical (unpaired) electrons. The number of aromatic nitrogens is 10.